The zero-order chi connectivity index (χ0) is 13.2. The van der Waals surface area contributed by atoms with E-state index in [4.69, 9.17) is 10.3 Å². The van der Waals surface area contributed by atoms with Gasteiger partial charge in [-0.05, 0) is 37.3 Å². The van der Waals surface area contributed by atoms with Gasteiger partial charge >= 0.3 is 0 Å². The lowest BCUT2D eigenvalue weighted by Gasteiger charge is -2.38. The first-order valence-corrected chi connectivity index (χ1v) is 6.86. The van der Waals surface area contributed by atoms with Crippen molar-refractivity contribution in [2.45, 2.75) is 46.7 Å². The van der Waals surface area contributed by atoms with Gasteiger partial charge in [-0.2, -0.15) is 0 Å². The zero-order valence-corrected chi connectivity index (χ0v) is 11.8. The van der Waals surface area contributed by atoms with E-state index in [1.807, 2.05) is 6.07 Å². The number of piperidine rings is 1. The normalized spacial score (nSPS) is 19.3. The summed E-state index contributed by atoms with van der Waals surface area (Å²) in [6.45, 7) is 10.7. The molecule has 4 nitrogen and oxygen atoms in total. The van der Waals surface area contributed by atoms with Crippen molar-refractivity contribution >= 4 is 0 Å². The Kier molecular flexibility index (Phi) is 4.07. The number of aromatic nitrogens is 1. The molecule has 1 aromatic heterocycles. The van der Waals surface area contributed by atoms with Crippen LogP contribution in [0.2, 0.25) is 0 Å². The molecule has 0 bridgehead atoms. The minimum atomic E-state index is 0.436. The van der Waals surface area contributed by atoms with Gasteiger partial charge in [0.15, 0.2) is 5.76 Å². The molecular formula is C14H25N3O. The van der Waals surface area contributed by atoms with Crippen LogP contribution >= 0.6 is 0 Å². The highest BCUT2D eigenvalue weighted by Gasteiger charge is 2.28. The van der Waals surface area contributed by atoms with Crippen molar-refractivity contribution in [3.05, 3.63) is 17.5 Å². The molecular weight excluding hydrogens is 226 g/mol. The van der Waals surface area contributed by atoms with Crippen LogP contribution in [0.5, 0.6) is 0 Å². The summed E-state index contributed by atoms with van der Waals surface area (Å²) in [5.41, 5.74) is 6.80. The van der Waals surface area contributed by atoms with Crippen LogP contribution in [0.1, 0.15) is 45.1 Å². The van der Waals surface area contributed by atoms with Gasteiger partial charge in [0.1, 0.15) is 0 Å². The SMILES string of the molecule is CC(C)(C)C1CCN(Cc2cc(CN)no2)CC1. The molecule has 4 heteroatoms. The van der Waals surface area contributed by atoms with Gasteiger partial charge in [-0.15, -0.1) is 0 Å². The smallest absolute Gasteiger partial charge is 0.151 e. The van der Waals surface area contributed by atoms with E-state index in [0.29, 0.717) is 12.0 Å². The van der Waals surface area contributed by atoms with Crippen LogP contribution in [0, 0.1) is 11.3 Å². The van der Waals surface area contributed by atoms with E-state index in [9.17, 15) is 0 Å². The summed E-state index contributed by atoms with van der Waals surface area (Å²) in [6, 6.07) is 1.97. The Morgan fingerprint density at radius 1 is 1.39 bits per heavy atom. The monoisotopic (exact) mass is 251 g/mol. The van der Waals surface area contributed by atoms with E-state index in [1.54, 1.807) is 0 Å². The maximum atomic E-state index is 5.53. The third kappa shape index (κ3) is 3.33. The minimum Gasteiger partial charge on any atom is -0.360 e. The van der Waals surface area contributed by atoms with Crippen molar-refractivity contribution in [1.29, 1.82) is 0 Å². The van der Waals surface area contributed by atoms with Gasteiger partial charge in [0.25, 0.3) is 0 Å². The molecule has 2 heterocycles. The number of hydrogen-bond acceptors (Lipinski definition) is 4. The number of likely N-dealkylation sites (tertiary alicyclic amines) is 1. The molecule has 102 valence electrons. The molecule has 0 amide bonds. The van der Waals surface area contributed by atoms with E-state index in [0.717, 1.165) is 37.0 Å². The molecule has 0 radical (unpaired) electrons. The molecule has 0 saturated carbocycles. The van der Waals surface area contributed by atoms with Crippen LogP contribution in [0.15, 0.2) is 10.6 Å². The summed E-state index contributed by atoms with van der Waals surface area (Å²) in [6.07, 6.45) is 2.56. The summed E-state index contributed by atoms with van der Waals surface area (Å²) in [7, 11) is 0. The van der Waals surface area contributed by atoms with Crippen LogP contribution in [-0.4, -0.2) is 23.1 Å². The fourth-order valence-electron chi connectivity index (χ4n) is 2.70. The summed E-state index contributed by atoms with van der Waals surface area (Å²) in [4.78, 5) is 2.45. The average Bonchev–Trinajstić information content (AvgIpc) is 2.76. The van der Waals surface area contributed by atoms with Crippen LogP contribution in [-0.2, 0) is 13.1 Å². The van der Waals surface area contributed by atoms with Crippen LogP contribution < -0.4 is 5.73 Å². The standard InChI is InChI=1S/C14H25N3O/c1-14(2,3)11-4-6-17(7-5-11)10-13-8-12(9-15)16-18-13/h8,11H,4-7,9-10,15H2,1-3H3. The van der Waals surface area contributed by atoms with Gasteiger partial charge in [0, 0.05) is 12.6 Å². The number of nitrogens with two attached hydrogens (primary N) is 1. The fourth-order valence-corrected chi connectivity index (χ4v) is 2.70. The van der Waals surface area contributed by atoms with Crippen molar-refractivity contribution in [1.82, 2.24) is 10.1 Å². The molecule has 18 heavy (non-hydrogen) atoms. The first-order valence-electron chi connectivity index (χ1n) is 6.86. The highest BCUT2D eigenvalue weighted by Crippen LogP contribution is 2.34. The fraction of sp³-hybridized carbons (Fsp3) is 0.786. The van der Waals surface area contributed by atoms with Gasteiger partial charge in [0.05, 0.1) is 12.2 Å². The molecule has 0 aliphatic carbocycles. The third-order valence-electron chi connectivity index (χ3n) is 4.01. The number of hydrogen-bond donors (Lipinski definition) is 1. The van der Waals surface area contributed by atoms with Crippen LogP contribution in [0.4, 0.5) is 0 Å². The van der Waals surface area contributed by atoms with Gasteiger partial charge in [-0.3, -0.25) is 4.90 Å². The highest BCUT2D eigenvalue weighted by atomic mass is 16.5. The second kappa shape index (κ2) is 5.41. The van der Waals surface area contributed by atoms with Gasteiger partial charge in [0.2, 0.25) is 0 Å². The Balaban J connectivity index is 1.83. The van der Waals surface area contributed by atoms with Crippen molar-refractivity contribution in [2.24, 2.45) is 17.1 Å². The highest BCUT2D eigenvalue weighted by molar-refractivity contribution is 5.04. The van der Waals surface area contributed by atoms with Gasteiger partial charge in [-0.25, -0.2) is 0 Å². The topological polar surface area (TPSA) is 55.3 Å². The van der Waals surface area contributed by atoms with E-state index in [1.165, 1.54) is 12.8 Å². The molecule has 1 aliphatic rings. The average molecular weight is 251 g/mol. The van der Waals surface area contributed by atoms with Crippen LogP contribution in [0.25, 0.3) is 0 Å². The second-order valence-electron chi connectivity index (χ2n) is 6.41. The van der Waals surface area contributed by atoms with E-state index in [-0.39, 0.29) is 0 Å². The molecule has 2 rings (SSSR count). The zero-order valence-electron chi connectivity index (χ0n) is 11.8. The maximum absolute atomic E-state index is 5.53. The third-order valence-corrected chi connectivity index (χ3v) is 4.01. The Bertz CT molecular complexity index is 373. The Hall–Kier alpha value is -0.870. The number of rotatable bonds is 3. The molecule has 0 atom stereocenters. The van der Waals surface area contributed by atoms with Crippen molar-refractivity contribution < 1.29 is 4.52 Å². The molecule has 1 aromatic rings. The molecule has 1 fully saturated rings. The van der Waals surface area contributed by atoms with Crippen molar-refractivity contribution in [2.75, 3.05) is 13.1 Å². The summed E-state index contributed by atoms with van der Waals surface area (Å²) >= 11 is 0. The lowest BCUT2D eigenvalue weighted by atomic mass is 9.75. The predicted molar refractivity (Wildman–Crippen MR) is 71.9 cm³/mol. The predicted octanol–water partition coefficient (Wildman–Crippen LogP) is 2.39. The summed E-state index contributed by atoms with van der Waals surface area (Å²) < 4.78 is 5.28. The lowest BCUT2D eigenvalue weighted by molar-refractivity contribution is 0.101. The first-order chi connectivity index (χ1) is 8.49. The number of nitrogens with zero attached hydrogens (tertiary/aromatic N) is 2. The summed E-state index contributed by atoms with van der Waals surface area (Å²) in [5.74, 6) is 1.77. The van der Waals surface area contributed by atoms with Crippen molar-refractivity contribution in [3.63, 3.8) is 0 Å². The van der Waals surface area contributed by atoms with Crippen LogP contribution in [0.3, 0.4) is 0 Å². The lowest BCUT2D eigenvalue weighted by Crippen LogP contribution is -2.37. The van der Waals surface area contributed by atoms with Gasteiger partial charge < -0.3 is 10.3 Å². The molecule has 2 N–H and O–H groups in total. The second-order valence-corrected chi connectivity index (χ2v) is 6.41. The van der Waals surface area contributed by atoms with E-state index >= 15 is 0 Å². The van der Waals surface area contributed by atoms with Crippen molar-refractivity contribution in [3.8, 4) is 0 Å². The Morgan fingerprint density at radius 3 is 2.56 bits per heavy atom. The van der Waals surface area contributed by atoms with Gasteiger partial charge in [-0.1, -0.05) is 25.9 Å². The quantitative estimate of drug-likeness (QED) is 0.896. The largest absolute Gasteiger partial charge is 0.360 e. The first kappa shape index (κ1) is 13.6. The molecule has 1 aliphatic heterocycles. The van der Waals surface area contributed by atoms with E-state index < -0.39 is 0 Å². The Labute approximate surface area is 110 Å². The molecule has 1 saturated heterocycles. The Morgan fingerprint density at radius 2 is 2.06 bits per heavy atom. The summed E-state index contributed by atoms with van der Waals surface area (Å²) in [5, 5.41) is 3.93. The molecule has 0 unspecified atom stereocenters. The molecule has 0 spiro atoms. The molecule has 0 aromatic carbocycles. The van der Waals surface area contributed by atoms with E-state index in [2.05, 4.69) is 30.8 Å². The minimum absolute atomic E-state index is 0.436. The maximum Gasteiger partial charge on any atom is 0.151 e.